The molecule has 1 saturated heterocycles. The molecule has 0 atom stereocenters. The van der Waals surface area contributed by atoms with Gasteiger partial charge in [0, 0.05) is 31.2 Å². The van der Waals surface area contributed by atoms with Crippen LogP contribution in [0.1, 0.15) is 29.0 Å². The Balaban J connectivity index is 1.39. The second kappa shape index (κ2) is 9.75. The number of carbonyl (C=O) groups excluding carboxylic acids is 2. The molecule has 2 amide bonds. The van der Waals surface area contributed by atoms with Crippen LogP contribution < -0.4 is 15.4 Å². The van der Waals surface area contributed by atoms with Crippen LogP contribution in [0.4, 0.5) is 0 Å². The van der Waals surface area contributed by atoms with E-state index in [1.54, 1.807) is 19.2 Å². The Morgan fingerprint density at radius 3 is 2.64 bits per heavy atom. The van der Waals surface area contributed by atoms with Crippen molar-refractivity contribution < 1.29 is 18.7 Å². The Morgan fingerprint density at radius 1 is 1.21 bits per heavy atom. The first kappa shape index (κ1) is 20.4. The van der Waals surface area contributed by atoms with E-state index < -0.39 is 5.91 Å². The molecule has 1 fully saturated rings. The van der Waals surface area contributed by atoms with Gasteiger partial charge in [0.1, 0.15) is 5.75 Å². The third-order valence-electron chi connectivity index (χ3n) is 4.75. The number of ether oxygens (including phenoxy) is 1. The molecule has 1 aromatic carbocycles. The van der Waals surface area contributed by atoms with E-state index in [9.17, 15) is 9.59 Å². The van der Waals surface area contributed by atoms with Crippen LogP contribution in [0.2, 0.25) is 0 Å². The van der Waals surface area contributed by atoms with E-state index in [2.05, 4.69) is 37.5 Å². The quantitative estimate of drug-likeness (QED) is 0.678. The van der Waals surface area contributed by atoms with Crippen molar-refractivity contribution >= 4 is 27.7 Å². The van der Waals surface area contributed by atoms with Gasteiger partial charge in [-0.05, 0) is 47.0 Å². The van der Waals surface area contributed by atoms with E-state index in [0.717, 1.165) is 38.2 Å². The number of rotatable bonds is 7. The number of benzene rings is 1. The van der Waals surface area contributed by atoms with Gasteiger partial charge in [0.25, 0.3) is 5.91 Å². The molecule has 7 nitrogen and oxygen atoms in total. The van der Waals surface area contributed by atoms with Gasteiger partial charge in [-0.1, -0.05) is 18.2 Å². The standard InChI is InChI=1S/C20H24BrN3O4/c1-27-16-5-3-2-4-14(16)13-24-10-8-15(9-11-24)23-19(25)12-22-20(26)17-6-7-18(21)28-17/h2-7,15H,8-13H2,1H3,(H,22,26)(H,23,25). The van der Waals surface area contributed by atoms with Gasteiger partial charge in [0.2, 0.25) is 5.91 Å². The zero-order chi connectivity index (χ0) is 19.9. The van der Waals surface area contributed by atoms with Gasteiger partial charge >= 0.3 is 0 Å². The Labute approximate surface area is 172 Å². The van der Waals surface area contributed by atoms with Gasteiger partial charge in [0.05, 0.1) is 13.7 Å². The molecule has 1 aliphatic rings. The highest BCUT2D eigenvalue weighted by Crippen LogP contribution is 2.21. The molecule has 28 heavy (non-hydrogen) atoms. The van der Waals surface area contributed by atoms with Crippen LogP contribution in [-0.2, 0) is 11.3 Å². The summed E-state index contributed by atoms with van der Waals surface area (Å²) in [5, 5.41) is 5.56. The fourth-order valence-corrected chi connectivity index (χ4v) is 3.58. The minimum atomic E-state index is -0.410. The summed E-state index contributed by atoms with van der Waals surface area (Å²) >= 11 is 3.14. The molecule has 2 heterocycles. The fraction of sp³-hybridized carbons (Fsp3) is 0.400. The largest absolute Gasteiger partial charge is 0.496 e. The number of nitrogens with one attached hydrogen (secondary N) is 2. The first-order valence-electron chi connectivity index (χ1n) is 9.22. The highest BCUT2D eigenvalue weighted by Gasteiger charge is 2.22. The topological polar surface area (TPSA) is 83.8 Å². The molecule has 0 bridgehead atoms. The first-order chi connectivity index (χ1) is 13.5. The van der Waals surface area contributed by atoms with Crippen molar-refractivity contribution in [2.24, 2.45) is 0 Å². The first-order valence-corrected chi connectivity index (χ1v) is 10.0. The maximum Gasteiger partial charge on any atom is 0.287 e. The smallest absolute Gasteiger partial charge is 0.287 e. The maximum atomic E-state index is 12.1. The maximum absolute atomic E-state index is 12.1. The molecule has 8 heteroatoms. The number of hydrogen-bond donors (Lipinski definition) is 2. The number of para-hydroxylation sites is 1. The number of hydrogen-bond acceptors (Lipinski definition) is 5. The lowest BCUT2D eigenvalue weighted by molar-refractivity contribution is -0.121. The fourth-order valence-electron chi connectivity index (χ4n) is 3.27. The summed E-state index contributed by atoms with van der Waals surface area (Å²) in [6.07, 6.45) is 1.75. The Bertz CT molecular complexity index is 815. The van der Waals surface area contributed by atoms with Crippen molar-refractivity contribution in [3.63, 3.8) is 0 Å². The molecule has 2 aromatic rings. The Hall–Kier alpha value is -2.32. The highest BCUT2D eigenvalue weighted by atomic mass is 79.9. The zero-order valence-electron chi connectivity index (χ0n) is 15.7. The van der Waals surface area contributed by atoms with Crippen molar-refractivity contribution in [1.82, 2.24) is 15.5 Å². The summed E-state index contributed by atoms with van der Waals surface area (Å²) in [7, 11) is 1.68. The molecule has 0 aliphatic carbocycles. The lowest BCUT2D eigenvalue weighted by Gasteiger charge is -2.32. The number of piperidine rings is 1. The number of nitrogens with zero attached hydrogens (tertiary/aromatic N) is 1. The van der Waals surface area contributed by atoms with Crippen LogP contribution in [-0.4, -0.2) is 49.5 Å². The van der Waals surface area contributed by atoms with Crippen LogP contribution in [0, 0.1) is 0 Å². The SMILES string of the molecule is COc1ccccc1CN1CCC(NC(=O)CNC(=O)c2ccc(Br)o2)CC1. The number of halogens is 1. The molecule has 0 spiro atoms. The average Bonchev–Trinajstić information content (AvgIpc) is 3.14. The number of carbonyl (C=O) groups is 2. The lowest BCUT2D eigenvalue weighted by Crippen LogP contribution is -2.47. The summed E-state index contributed by atoms with van der Waals surface area (Å²) in [5.41, 5.74) is 1.17. The number of likely N-dealkylation sites (tertiary alicyclic amines) is 1. The normalized spacial score (nSPS) is 15.2. The van der Waals surface area contributed by atoms with Crippen molar-refractivity contribution in [2.45, 2.75) is 25.4 Å². The van der Waals surface area contributed by atoms with Crippen LogP contribution in [0.3, 0.4) is 0 Å². The lowest BCUT2D eigenvalue weighted by atomic mass is 10.0. The minimum Gasteiger partial charge on any atom is -0.496 e. The van der Waals surface area contributed by atoms with Gasteiger partial charge in [-0.25, -0.2) is 0 Å². The van der Waals surface area contributed by atoms with Crippen molar-refractivity contribution in [3.8, 4) is 5.75 Å². The molecule has 1 aromatic heterocycles. The molecular weight excluding hydrogens is 426 g/mol. The summed E-state index contributed by atoms with van der Waals surface area (Å²) in [4.78, 5) is 26.4. The van der Waals surface area contributed by atoms with E-state index in [1.807, 2.05) is 18.2 Å². The van der Waals surface area contributed by atoms with Crippen molar-refractivity contribution in [3.05, 3.63) is 52.4 Å². The molecule has 150 valence electrons. The molecule has 0 radical (unpaired) electrons. The summed E-state index contributed by atoms with van der Waals surface area (Å²) < 4.78 is 11.0. The predicted octanol–water partition coefficient (Wildman–Crippen LogP) is 2.56. The third kappa shape index (κ3) is 5.59. The van der Waals surface area contributed by atoms with E-state index in [0.29, 0.717) is 4.67 Å². The highest BCUT2D eigenvalue weighted by molar-refractivity contribution is 9.10. The van der Waals surface area contributed by atoms with E-state index in [4.69, 9.17) is 9.15 Å². The Morgan fingerprint density at radius 2 is 1.96 bits per heavy atom. The summed E-state index contributed by atoms with van der Waals surface area (Å²) in [5.74, 6) is 0.469. The van der Waals surface area contributed by atoms with Gasteiger partial charge < -0.3 is 19.8 Å². The number of furan rings is 1. The van der Waals surface area contributed by atoms with Crippen LogP contribution >= 0.6 is 15.9 Å². The molecule has 3 rings (SSSR count). The van der Waals surface area contributed by atoms with Gasteiger partial charge in [-0.2, -0.15) is 0 Å². The predicted molar refractivity (Wildman–Crippen MR) is 108 cm³/mol. The van der Waals surface area contributed by atoms with E-state index >= 15 is 0 Å². The number of methoxy groups -OCH3 is 1. The van der Waals surface area contributed by atoms with Gasteiger partial charge in [-0.3, -0.25) is 14.5 Å². The van der Waals surface area contributed by atoms with Crippen LogP contribution in [0.5, 0.6) is 5.75 Å². The second-order valence-electron chi connectivity index (χ2n) is 6.72. The van der Waals surface area contributed by atoms with E-state index in [-0.39, 0.29) is 24.3 Å². The number of amides is 2. The molecule has 2 N–H and O–H groups in total. The average molecular weight is 450 g/mol. The molecule has 0 unspecified atom stereocenters. The van der Waals surface area contributed by atoms with Crippen LogP contribution in [0.15, 0.2) is 45.5 Å². The van der Waals surface area contributed by atoms with Crippen molar-refractivity contribution in [1.29, 1.82) is 0 Å². The molecular formula is C20H24BrN3O4. The van der Waals surface area contributed by atoms with Gasteiger partial charge in [0.15, 0.2) is 10.4 Å². The minimum absolute atomic E-state index is 0.0709. The summed E-state index contributed by atoms with van der Waals surface area (Å²) in [6.45, 7) is 2.56. The van der Waals surface area contributed by atoms with Crippen molar-refractivity contribution in [2.75, 3.05) is 26.7 Å². The molecule has 0 saturated carbocycles. The van der Waals surface area contributed by atoms with Gasteiger partial charge in [-0.15, -0.1) is 0 Å². The third-order valence-corrected chi connectivity index (χ3v) is 5.17. The monoisotopic (exact) mass is 449 g/mol. The van der Waals surface area contributed by atoms with E-state index in [1.165, 1.54) is 5.56 Å². The molecule has 1 aliphatic heterocycles. The Kier molecular flexibility index (Phi) is 7.11. The zero-order valence-corrected chi connectivity index (χ0v) is 17.3. The summed E-state index contributed by atoms with van der Waals surface area (Å²) in [6, 6.07) is 11.3. The van der Waals surface area contributed by atoms with Crippen LogP contribution in [0.25, 0.3) is 0 Å². The second-order valence-corrected chi connectivity index (χ2v) is 7.50.